The molecule has 3 aliphatic rings. The summed E-state index contributed by atoms with van der Waals surface area (Å²) in [4.78, 5) is 32.9. The molecule has 178 valence electrons. The molecule has 2 aromatic rings. The van der Waals surface area contributed by atoms with Gasteiger partial charge in [-0.3, -0.25) is 9.59 Å². The van der Waals surface area contributed by atoms with E-state index in [2.05, 4.69) is 25.7 Å². The lowest BCUT2D eigenvalue weighted by Crippen LogP contribution is -2.50. The van der Waals surface area contributed by atoms with Crippen molar-refractivity contribution >= 4 is 11.8 Å². The van der Waals surface area contributed by atoms with E-state index >= 15 is 0 Å². The van der Waals surface area contributed by atoms with Gasteiger partial charge < -0.3 is 15.3 Å². The van der Waals surface area contributed by atoms with Crippen LogP contribution in [0.5, 0.6) is 0 Å². The van der Waals surface area contributed by atoms with Crippen LogP contribution in [0, 0.1) is 5.41 Å². The fourth-order valence-electron chi connectivity index (χ4n) is 5.11. The molecule has 0 spiro atoms. The van der Waals surface area contributed by atoms with Crippen molar-refractivity contribution in [1.29, 1.82) is 0 Å². The van der Waals surface area contributed by atoms with E-state index in [-0.39, 0.29) is 36.9 Å². The molecule has 2 aromatic heterocycles. The molecule has 1 aliphatic carbocycles. The zero-order valence-corrected chi connectivity index (χ0v) is 19.5. The second-order valence-electron chi connectivity index (χ2n) is 10.8. The van der Waals surface area contributed by atoms with Gasteiger partial charge in [-0.05, 0) is 31.6 Å². The number of fused-ring (bicyclic) bond motifs is 1. The molecule has 2 N–H and O–H groups in total. The van der Waals surface area contributed by atoms with Crippen molar-refractivity contribution in [1.82, 2.24) is 40.0 Å². The van der Waals surface area contributed by atoms with Crippen LogP contribution in [0.15, 0.2) is 12.5 Å². The molecule has 4 heterocycles. The highest BCUT2D eigenvalue weighted by Crippen LogP contribution is 2.40. The van der Waals surface area contributed by atoms with Crippen LogP contribution in [0.25, 0.3) is 0 Å². The molecule has 2 amide bonds. The predicted molar refractivity (Wildman–Crippen MR) is 117 cm³/mol. The quantitative estimate of drug-likeness (QED) is 0.689. The molecule has 2 fully saturated rings. The highest BCUT2D eigenvalue weighted by atomic mass is 16.3. The van der Waals surface area contributed by atoms with E-state index in [0.29, 0.717) is 12.3 Å². The SMILES string of the molecule is CC1CC(NC(=O)[C@@H]2C[C@@H](O)CN2C(=O)[C@@H](n2cc(C3CC3)nn2)C(C)(C)C)c2ncnn21. The number of hydrogen-bond acceptors (Lipinski definition) is 7. The van der Waals surface area contributed by atoms with Crippen molar-refractivity contribution in [2.45, 2.75) is 89.6 Å². The molecule has 5 atom stereocenters. The molecule has 0 radical (unpaired) electrons. The standard InChI is InChI=1S/C22H32N8O3/c1-12-7-15(19-23-11-24-30(12)19)25-20(32)17-8-14(31)9-28(17)21(33)18(22(2,3)4)29-10-16(26-27-29)13-5-6-13/h10-15,17-18,31H,5-9H2,1-4H3,(H,25,32)/t12?,14-,15?,17+,18-/m1/s1. The van der Waals surface area contributed by atoms with Gasteiger partial charge in [0.05, 0.1) is 23.9 Å². The van der Waals surface area contributed by atoms with Crippen molar-refractivity contribution in [3.05, 3.63) is 24.0 Å². The maximum atomic E-state index is 13.8. The molecule has 1 saturated carbocycles. The number of hydrogen-bond donors (Lipinski definition) is 2. The fourth-order valence-corrected chi connectivity index (χ4v) is 5.11. The summed E-state index contributed by atoms with van der Waals surface area (Å²) in [6.07, 6.45) is 5.68. The molecular weight excluding hydrogens is 424 g/mol. The summed E-state index contributed by atoms with van der Waals surface area (Å²) >= 11 is 0. The highest BCUT2D eigenvalue weighted by molar-refractivity contribution is 5.90. The molecule has 33 heavy (non-hydrogen) atoms. The topological polar surface area (TPSA) is 131 Å². The van der Waals surface area contributed by atoms with Crippen LogP contribution < -0.4 is 5.32 Å². The number of nitrogens with one attached hydrogen (secondary N) is 1. The number of likely N-dealkylation sites (tertiary alicyclic amines) is 1. The summed E-state index contributed by atoms with van der Waals surface area (Å²) in [6.45, 7) is 8.07. The minimum atomic E-state index is -0.755. The Morgan fingerprint density at radius 2 is 2.00 bits per heavy atom. The zero-order chi connectivity index (χ0) is 23.5. The van der Waals surface area contributed by atoms with E-state index in [0.717, 1.165) is 24.4 Å². The smallest absolute Gasteiger partial charge is 0.248 e. The van der Waals surface area contributed by atoms with Crippen molar-refractivity contribution < 1.29 is 14.7 Å². The van der Waals surface area contributed by atoms with E-state index in [9.17, 15) is 14.7 Å². The lowest BCUT2D eigenvalue weighted by atomic mass is 9.85. The number of β-amino-alcohol motifs (C(OH)–C–C–N with tert-alkyl or cyclic N) is 1. The summed E-state index contributed by atoms with van der Waals surface area (Å²) < 4.78 is 3.45. The molecule has 2 aliphatic heterocycles. The van der Waals surface area contributed by atoms with E-state index in [1.807, 2.05) is 38.6 Å². The van der Waals surface area contributed by atoms with Gasteiger partial charge in [-0.15, -0.1) is 5.10 Å². The lowest BCUT2D eigenvalue weighted by Gasteiger charge is -2.34. The summed E-state index contributed by atoms with van der Waals surface area (Å²) in [5.41, 5.74) is 0.449. The molecule has 11 heteroatoms. The Kier molecular flexibility index (Phi) is 5.26. The van der Waals surface area contributed by atoms with Crippen LogP contribution in [0.3, 0.4) is 0 Å². The van der Waals surface area contributed by atoms with Crippen LogP contribution in [0.1, 0.15) is 88.9 Å². The Balaban J connectivity index is 1.36. The predicted octanol–water partition coefficient (Wildman–Crippen LogP) is 1.12. The highest BCUT2D eigenvalue weighted by Gasteiger charge is 2.46. The molecule has 11 nitrogen and oxygen atoms in total. The molecule has 5 rings (SSSR count). The van der Waals surface area contributed by atoms with Gasteiger partial charge in [0.25, 0.3) is 0 Å². The number of rotatable bonds is 5. The fraction of sp³-hybridized carbons (Fsp3) is 0.727. The van der Waals surface area contributed by atoms with Crippen LogP contribution in [-0.2, 0) is 9.59 Å². The third-order valence-corrected chi connectivity index (χ3v) is 6.93. The van der Waals surface area contributed by atoms with E-state index in [4.69, 9.17) is 0 Å². The van der Waals surface area contributed by atoms with E-state index < -0.39 is 23.6 Å². The van der Waals surface area contributed by atoms with Gasteiger partial charge in [-0.2, -0.15) is 5.10 Å². The van der Waals surface area contributed by atoms with Crippen LogP contribution in [0.2, 0.25) is 0 Å². The van der Waals surface area contributed by atoms with Gasteiger partial charge in [0.2, 0.25) is 11.8 Å². The molecule has 2 unspecified atom stereocenters. The first-order valence-electron chi connectivity index (χ1n) is 11.7. The maximum absolute atomic E-state index is 13.8. The number of aliphatic hydroxyl groups is 1. The van der Waals surface area contributed by atoms with Gasteiger partial charge in [0.1, 0.15) is 24.2 Å². The van der Waals surface area contributed by atoms with Crippen molar-refractivity contribution in [2.24, 2.45) is 5.41 Å². The van der Waals surface area contributed by atoms with Crippen molar-refractivity contribution in [2.75, 3.05) is 6.54 Å². The van der Waals surface area contributed by atoms with Crippen molar-refractivity contribution in [3.63, 3.8) is 0 Å². The van der Waals surface area contributed by atoms with Crippen LogP contribution in [-0.4, -0.2) is 70.3 Å². The Morgan fingerprint density at radius 3 is 2.70 bits per heavy atom. The molecular formula is C22H32N8O3. The maximum Gasteiger partial charge on any atom is 0.248 e. The van der Waals surface area contributed by atoms with E-state index in [1.165, 1.54) is 11.2 Å². The first-order valence-corrected chi connectivity index (χ1v) is 11.7. The Hall–Kier alpha value is -2.82. The van der Waals surface area contributed by atoms with Gasteiger partial charge in [-0.1, -0.05) is 26.0 Å². The number of aromatic nitrogens is 6. The monoisotopic (exact) mass is 456 g/mol. The minimum Gasteiger partial charge on any atom is -0.391 e. The lowest BCUT2D eigenvalue weighted by molar-refractivity contribution is -0.144. The average Bonchev–Trinajstić information content (AvgIpc) is 3.10. The van der Waals surface area contributed by atoms with Crippen LogP contribution >= 0.6 is 0 Å². The summed E-state index contributed by atoms with van der Waals surface area (Å²) in [6, 6.07) is -1.51. The second kappa shape index (κ2) is 7.89. The zero-order valence-electron chi connectivity index (χ0n) is 19.5. The minimum absolute atomic E-state index is 0.116. The Labute approximate surface area is 192 Å². The third-order valence-electron chi connectivity index (χ3n) is 6.93. The largest absolute Gasteiger partial charge is 0.391 e. The summed E-state index contributed by atoms with van der Waals surface area (Å²) in [5.74, 6) is 0.639. The number of amides is 2. The van der Waals surface area contributed by atoms with Crippen LogP contribution in [0.4, 0.5) is 0 Å². The number of nitrogens with zero attached hydrogens (tertiary/aromatic N) is 7. The van der Waals surface area contributed by atoms with Gasteiger partial charge >= 0.3 is 0 Å². The number of carbonyl (C=O) groups is 2. The van der Waals surface area contributed by atoms with Crippen molar-refractivity contribution in [3.8, 4) is 0 Å². The van der Waals surface area contributed by atoms with Gasteiger partial charge in [0, 0.05) is 25.1 Å². The van der Waals surface area contributed by atoms with E-state index in [1.54, 1.807) is 4.68 Å². The third kappa shape index (κ3) is 4.03. The molecule has 0 bridgehead atoms. The van der Waals surface area contributed by atoms with Gasteiger partial charge in [0.15, 0.2) is 0 Å². The second-order valence-corrected chi connectivity index (χ2v) is 10.8. The average molecular weight is 457 g/mol. The van der Waals surface area contributed by atoms with Gasteiger partial charge in [-0.25, -0.2) is 14.3 Å². The molecule has 0 aromatic carbocycles. The Morgan fingerprint density at radius 1 is 1.24 bits per heavy atom. The molecule has 1 saturated heterocycles. The first-order chi connectivity index (χ1) is 15.6. The number of carbonyl (C=O) groups excluding carboxylic acids is 2. The normalized spacial score (nSPS) is 28.1. The Bertz CT molecular complexity index is 1050. The summed E-state index contributed by atoms with van der Waals surface area (Å²) in [7, 11) is 0. The number of aliphatic hydroxyl groups excluding tert-OH is 1. The first kappa shape index (κ1) is 22.0. The summed E-state index contributed by atoms with van der Waals surface area (Å²) in [5, 5.41) is 26.2.